The van der Waals surface area contributed by atoms with Crippen molar-refractivity contribution in [2.45, 2.75) is 19.9 Å². The third-order valence-electron chi connectivity index (χ3n) is 4.42. The summed E-state index contributed by atoms with van der Waals surface area (Å²) >= 11 is 0. The predicted molar refractivity (Wildman–Crippen MR) is 89.1 cm³/mol. The molecule has 3 rings (SSSR count). The summed E-state index contributed by atoms with van der Waals surface area (Å²) in [7, 11) is 0. The van der Waals surface area contributed by atoms with Gasteiger partial charge in [-0.2, -0.15) is 0 Å². The van der Waals surface area contributed by atoms with Crippen LogP contribution in [0.1, 0.15) is 34.7 Å². The Balaban J connectivity index is 1.61. The number of aryl methyl sites for hydroxylation is 1. The summed E-state index contributed by atoms with van der Waals surface area (Å²) in [6, 6.07) is 9.97. The second-order valence-electron chi connectivity index (χ2n) is 5.95. The lowest BCUT2D eigenvalue weighted by Crippen LogP contribution is -2.49. The van der Waals surface area contributed by atoms with Crippen molar-refractivity contribution in [1.29, 1.82) is 0 Å². The van der Waals surface area contributed by atoms with Gasteiger partial charge < -0.3 is 4.90 Å². The number of carbonyl (C=O) groups is 1. The quantitative estimate of drug-likeness (QED) is 0.873. The Morgan fingerprint density at radius 3 is 2.57 bits per heavy atom. The van der Waals surface area contributed by atoms with Gasteiger partial charge in [0.25, 0.3) is 5.91 Å². The van der Waals surface area contributed by atoms with E-state index in [9.17, 15) is 4.79 Å². The highest BCUT2D eigenvalue weighted by Crippen LogP contribution is 2.21. The van der Waals surface area contributed by atoms with Crippen LogP contribution in [0.25, 0.3) is 0 Å². The summed E-state index contributed by atoms with van der Waals surface area (Å²) in [5, 5.41) is 0. The van der Waals surface area contributed by atoms with Crippen molar-refractivity contribution in [3.8, 4) is 0 Å². The zero-order valence-electron chi connectivity index (χ0n) is 13.6. The van der Waals surface area contributed by atoms with Crippen molar-refractivity contribution < 1.29 is 4.79 Å². The number of pyridine rings is 2. The Morgan fingerprint density at radius 2 is 1.91 bits per heavy atom. The number of piperazine rings is 1. The summed E-state index contributed by atoms with van der Waals surface area (Å²) in [5.41, 5.74) is 2.63. The van der Waals surface area contributed by atoms with Crippen LogP contribution < -0.4 is 0 Å². The van der Waals surface area contributed by atoms with Crippen LogP contribution in [0.3, 0.4) is 0 Å². The number of hydrogen-bond acceptors (Lipinski definition) is 4. The largest absolute Gasteiger partial charge is 0.335 e. The smallest absolute Gasteiger partial charge is 0.272 e. The molecule has 2 aromatic heterocycles. The van der Waals surface area contributed by atoms with E-state index in [2.05, 4.69) is 27.9 Å². The van der Waals surface area contributed by atoms with Gasteiger partial charge in [-0.15, -0.1) is 0 Å². The Kier molecular flexibility index (Phi) is 4.67. The molecule has 0 aromatic carbocycles. The molecule has 0 bridgehead atoms. The molecule has 1 unspecified atom stereocenters. The fourth-order valence-corrected chi connectivity index (χ4v) is 2.97. The zero-order chi connectivity index (χ0) is 16.2. The van der Waals surface area contributed by atoms with E-state index in [1.165, 1.54) is 5.56 Å². The Bertz CT molecular complexity index is 666. The Hall–Kier alpha value is -2.27. The van der Waals surface area contributed by atoms with E-state index < -0.39 is 0 Å². The molecule has 120 valence electrons. The Morgan fingerprint density at radius 1 is 1.13 bits per heavy atom. The third-order valence-corrected chi connectivity index (χ3v) is 4.42. The fourth-order valence-electron chi connectivity index (χ4n) is 2.97. The molecular formula is C18H22N4O. The standard InChI is InChI=1S/C18H22N4O/c1-14-5-3-7-17(20-14)18(23)22-11-9-21(10-12-22)15(2)16-6-4-8-19-13-16/h3-8,13,15H,9-12H2,1-2H3. The second kappa shape index (κ2) is 6.87. The average Bonchev–Trinajstić information content (AvgIpc) is 2.61. The van der Waals surface area contributed by atoms with Gasteiger partial charge in [0.15, 0.2) is 0 Å². The molecule has 1 fully saturated rings. The zero-order valence-corrected chi connectivity index (χ0v) is 13.6. The molecule has 5 nitrogen and oxygen atoms in total. The van der Waals surface area contributed by atoms with Crippen LogP contribution in [-0.4, -0.2) is 51.9 Å². The number of amides is 1. The lowest BCUT2D eigenvalue weighted by Gasteiger charge is -2.38. The van der Waals surface area contributed by atoms with Crippen molar-refractivity contribution in [3.05, 3.63) is 59.7 Å². The normalized spacial score (nSPS) is 17.0. The van der Waals surface area contributed by atoms with Gasteiger partial charge in [0.2, 0.25) is 0 Å². The number of rotatable bonds is 3. The summed E-state index contributed by atoms with van der Waals surface area (Å²) < 4.78 is 0. The minimum atomic E-state index is 0.0300. The third kappa shape index (κ3) is 3.56. The first kappa shape index (κ1) is 15.6. The lowest BCUT2D eigenvalue weighted by atomic mass is 10.1. The summed E-state index contributed by atoms with van der Waals surface area (Å²) in [5.74, 6) is 0.0300. The first-order valence-corrected chi connectivity index (χ1v) is 8.02. The molecular weight excluding hydrogens is 288 g/mol. The minimum absolute atomic E-state index is 0.0300. The van der Waals surface area contributed by atoms with Crippen LogP contribution in [0.15, 0.2) is 42.7 Å². The van der Waals surface area contributed by atoms with Gasteiger partial charge in [0.05, 0.1) is 0 Å². The fraction of sp³-hybridized carbons (Fsp3) is 0.389. The molecule has 1 saturated heterocycles. The summed E-state index contributed by atoms with van der Waals surface area (Å²) in [4.78, 5) is 25.4. The van der Waals surface area contributed by atoms with Gasteiger partial charge in [0, 0.05) is 50.3 Å². The second-order valence-corrected chi connectivity index (χ2v) is 5.95. The molecule has 1 aliphatic heterocycles. The van der Waals surface area contributed by atoms with Gasteiger partial charge >= 0.3 is 0 Å². The number of hydrogen-bond donors (Lipinski definition) is 0. The summed E-state index contributed by atoms with van der Waals surface area (Å²) in [6.45, 7) is 7.31. The van der Waals surface area contributed by atoms with E-state index in [4.69, 9.17) is 0 Å². The van der Waals surface area contributed by atoms with E-state index in [-0.39, 0.29) is 5.91 Å². The Labute approximate surface area is 137 Å². The molecule has 0 saturated carbocycles. The topological polar surface area (TPSA) is 49.3 Å². The molecule has 0 aliphatic carbocycles. The van der Waals surface area contributed by atoms with E-state index in [1.54, 1.807) is 12.3 Å². The highest BCUT2D eigenvalue weighted by atomic mass is 16.2. The van der Waals surface area contributed by atoms with E-state index >= 15 is 0 Å². The first-order chi connectivity index (χ1) is 11.1. The highest BCUT2D eigenvalue weighted by Gasteiger charge is 2.25. The maximum Gasteiger partial charge on any atom is 0.272 e. The molecule has 0 spiro atoms. The van der Waals surface area contributed by atoms with Gasteiger partial charge in [-0.3, -0.25) is 14.7 Å². The molecule has 1 amide bonds. The molecule has 1 aliphatic rings. The van der Waals surface area contributed by atoms with Gasteiger partial charge in [-0.25, -0.2) is 4.98 Å². The van der Waals surface area contributed by atoms with Crippen LogP contribution in [0.2, 0.25) is 0 Å². The molecule has 0 radical (unpaired) electrons. The SMILES string of the molecule is Cc1cccc(C(=O)N2CCN(C(C)c3cccnc3)CC2)n1. The molecule has 1 atom stereocenters. The number of carbonyl (C=O) groups excluding carboxylic acids is 1. The van der Waals surface area contributed by atoms with E-state index in [0.717, 1.165) is 31.9 Å². The van der Waals surface area contributed by atoms with Crippen LogP contribution in [0, 0.1) is 6.92 Å². The molecule has 5 heteroatoms. The van der Waals surface area contributed by atoms with Crippen LogP contribution in [0.5, 0.6) is 0 Å². The lowest BCUT2D eigenvalue weighted by molar-refractivity contribution is 0.0576. The van der Waals surface area contributed by atoms with E-state index in [0.29, 0.717) is 11.7 Å². The maximum absolute atomic E-state index is 12.5. The van der Waals surface area contributed by atoms with Crippen molar-refractivity contribution in [1.82, 2.24) is 19.8 Å². The van der Waals surface area contributed by atoms with Crippen LogP contribution >= 0.6 is 0 Å². The molecule has 3 heterocycles. The van der Waals surface area contributed by atoms with Gasteiger partial charge in [0.1, 0.15) is 5.69 Å². The number of nitrogens with zero attached hydrogens (tertiary/aromatic N) is 4. The average molecular weight is 310 g/mol. The maximum atomic E-state index is 12.5. The summed E-state index contributed by atoms with van der Waals surface area (Å²) in [6.07, 6.45) is 3.71. The van der Waals surface area contributed by atoms with Crippen molar-refractivity contribution in [2.24, 2.45) is 0 Å². The van der Waals surface area contributed by atoms with Crippen molar-refractivity contribution >= 4 is 5.91 Å². The minimum Gasteiger partial charge on any atom is -0.335 e. The molecule has 2 aromatic rings. The van der Waals surface area contributed by atoms with Gasteiger partial charge in [-0.1, -0.05) is 12.1 Å². The van der Waals surface area contributed by atoms with Gasteiger partial charge in [-0.05, 0) is 37.6 Å². The van der Waals surface area contributed by atoms with E-state index in [1.807, 2.05) is 36.2 Å². The highest BCUT2D eigenvalue weighted by molar-refractivity contribution is 5.92. The van der Waals surface area contributed by atoms with Crippen molar-refractivity contribution in [2.75, 3.05) is 26.2 Å². The van der Waals surface area contributed by atoms with Crippen LogP contribution in [0.4, 0.5) is 0 Å². The van der Waals surface area contributed by atoms with Crippen LogP contribution in [-0.2, 0) is 0 Å². The first-order valence-electron chi connectivity index (χ1n) is 8.02. The molecule has 0 N–H and O–H groups in total. The number of aromatic nitrogens is 2. The molecule has 23 heavy (non-hydrogen) atoms. The monoisotopic (exact) mass is 310 g/mol. The van der Waals surface area contributed by atoms with Crippen molar-refractivity contribution in [3.63, 3.8) is 0 Å². The predicted octanol–water partition coefficient (Wildman–Crippen LogP) is 2.30.